The molecule has 2 unspecified atom stereocenters. The monoisotopic (exact) mass is 198 g/mol. The minimum atomic E-state index is 0.314. The number of likely N-dealkylation sites (tertiary alicyclic amines) is 1. The molecule has 2 heteroatoms. The summed E-state index contributed by atoms with van der Waals surface area (Å²) in [5.74, 6) is 0.770. The third-order valence-corrected chi connectivity index (χ3v) is 3.21. The average molecular weight is 198 g/mol. The predicted molar refractivity (Wildman–Crippen MR) is 62.3 cm³/mol. The molecule has 0 amide bonds. The van der Waals surface area contributed by atoms with Crippen LogP contribution in [-0.2, 0) is 0 Å². The van der Waals surface area contributed by atoms with Crippen molar-refractivity contribution in [3.8, 4) is 0 Å². The molecule has 2 nitrogen and oxygen atoms in total. The molecule has 2 N–H and O–H groups in total. The van der Waals surface area contributed by atoms with Gasteiger partial charge >= 0.3 is 0 Å². The Bertz CT molecular complexity index is 154. The Morgan fingerprint density at radius 3 is 2.50 bits per heavy atom. The van der Waals surface area contributed by atoms with Gasteiger partial charge in [-0.2, -0.15) is 0 Å². The Balaban J connectivity index is 2.54. The van der Waals surface area contributed by atoms with Crippen LogP contribution in [0.5, 0.6) is 0 Å². The maximum atomic E-state index is 5.89. The van der Waals surface area contributed by atoms with E-state index in [9.17, 15) is 0 Å². The largest absolute Gasteiger partial charge is 0.327 e. The van der Waals surface area contributed by atoms with Crippen LogP contribution in [-0.4, -0.2) is 30.1 Å². The lowest BCUT2D eigenvalue weighted by atomic mass is 9.98. The summed E-state index contributed by atoms with van der Waals surface area (Å²) in [6.45, 7) is 9.11. The summed E-state index contributed by atoms with van der Waals surface area (Å²) in [6.07, 6.45) is 5.53. The Labute approximate surface area is 88.8 Å². The summed E-state index contributed by atoms with van der Waals surface area (Å²) in [5, 5.41) is 0. The predicted octanol–water partition coefficient (Wildman–Crippen LogP) is 2.23. The molecule has 1 saturated heterocycles. The van der Waals surface area contributed by atoms with Crippen LogP contribution in [0.4, 0.5) is 0 Å². The molecule has 2 atom stereocenters. The van der Waals surface area contributed by atoms with E-state index in [1.165, 1.54) is 32.2 Å². The van der Waals surface area contributed by atoms with Crippen molar-refractivity contribution in [3.63, 3.8) is 0 Å². The fourth-order valence-corrected chi connectivity index (χ4v) is 2.55. The van der Waals surface area contributed by atoms with E-state index in [1.807, 2.05) is 0 Å². The molecule has 0 radical (unpaired) electrons. The quantitative estimate of drug-likeness (QED) is 0.753. The molecule has 0 aromatic rings. The normalized spacial score (nSPS) is 27.6. The van der Waals surface area contributed by atoms with Crippen molar-refractivity contribution in [2.24, 2.45) is 11.7 Å². The second-order valence-corrected chi connectivity index (χ2v) is 5.13. The number of nitrogens with zero attached hydrogens (tertiary/aromatic N) is 1. The van der Waals surface area contributed by atoms with E-state index in [1.54, 1.807) is 0 Å². The molecule has 1 heterocycles. The summed E-state index contributed by atoms with van der Waals surface area (Å²) in [4.78, 5) is 2.61. The Morgan fingerprint density at radius 1 is 1.21 bits per heavy atom. The van der Waals surface area contributed by atoms with Crippen LogP contribution >= 0.6 is 0 Å². The molecular formula is C12H26N2. The van der Waals surface area contributed by atoms with E-state index in [0.29, 0.717) is 6.04 Å². The van der Waals surface area contributed by atoms with Gasteiger partial charge in [0.2, 0.25) is 0 Å². The highest BCUT2D eigenvalue weighted by Gasteiger charge is 2.23. The maximum Gasteiger partial charge on any atom is 0.0139 e. The highest BCUT2D eigenvalue weighted by molar-refractivity contribution is 4.79. The number of hydrogen-bond donors (Lipinski definition) is 1. The van der Waals surface area contributed by atoms with Crippen molar-refractivity contribution in [1.29, 1.82) is 0 Å². The molecule has 14 heavy (non-hydrogen) atoms. The Kier molecular flexibility index (Phi) is 4.90. The molecule has 84 valence electrons. The van der Waals surface area contributed by atoms with Crippen LogP contribution in [0.2, 0.25) is 0 Å². The van der Waals surface area contributed by atoms with E-state index in [2.05, 4.69) is 25.7 Å². The van der Waals surface area contributed by atoms with Crippen LogP contribution in [0, 0.1) is 5.92 Å². The lowest BCUT2D eigenvalue weighted by Gasteiger charge is -2.33. The SMILES string of the molecule is CC(N)CN1CCCCCC1C(C)C. The fourth-order valence-electron chi connectivity index (χ4n) is 2.55. The van der Waals surface area contributed by atoms with E-state index in [4.69, 9.17) is 5.73 Å². The van der Waals surface area contributed by atoms with Gasteiger partial charge in [-0.3, -0.25) is 4.90 Å². The third-order valence-electron chi connectivity index (χ3n) is 3.21. The van der Waals surface area contributed by atoms with Gasteiger partial charge in [0.25, 0.3) is 0 Å². The number of hydrogen-bond acceptors (Lipinski definition) is 2. The van der Waals surface area contributed by atoms with Crippen LogP contribution in [0.25, 0.3) is 0 Å². The van der Waals surface area contributed by atoms with Gasteiger partial charge in [-0.25, -0.2) is 0 Å². The molecule has 0 aromatic heterocycles. The van der Waals surface area contributed by atoms with Crippen molar-refractivity contribution >= 4 is 0 Å². The van der Waals surface area contributed by atoms with Gasteiger partial charge in [0.1, 0.15) is 0 Å². The summed E-state index contributed by atoms with van der Waals surface area (Å²) in [5.41, 5.74) is 5.89. The van der Waals surface area contributed by atoms with Gasteiger partial charge in [-0.1, -0.05) is 26.7 Å². The molecule has 1 fully saturated rings. The lowest BCUT2D eigenvalue weighted by Crippen LogP contribution is -2.44. The van der Waals surface area contributed by atoms with Crippen molar-refractivity contribution < 1.29 is 0 Å². The number of nitrogens with two attached hydrogens (primary N) is 1. The molecule has 0 bridgehead atoms. The van der Waals surface area contributed by atoms with E-state index < -0.39 is 0 Å². The highest BCUT2D eigenvalue weighted by Crippen LogP contribution is 2.22. The molecule has 0 aromatic carbocycles. The molecule has 1 aliphatic heterocycles. The minimum absolute atomic E-state index is 0.314. The highest BCUT2D eigenvalue weighted by atomic mass is 15.2. The second kappa shape index (κ2) is 5.72. The zero-order chi connectivity index (χ0) is 10.6. The third kappa shape index (κ3) is 3.58. The van der Waals surface area contributed by atoms with Crippen molar-refractivity contribution in [2.45, 2.75) is 58.5 Å². The fraction of sp³-hybridized carbons (Fsp3) is 1.00. The Hall–Kier alpha value is -0.0800. The Morgan fingerprint density at radius 2 is 1.93 bits per heavy atom. The zero-order valence-corrected chi connectivity index (χ0v) is 10.00. The van der Waals surface area contributed by atoms with Crippen LogP contribution in [0.3, 0.4) is 0 Å². The first-order chi connectivity index (χ1) is 6.61. The van der Waals surface area contributed by atoms with Gasteiger partial charge in [-0.15, -0.1) is 0 Å². The average Bonchev–Trinajstić information content (AvgIpc) is 2.28. The van der Waals surface area contributed by atoms with Gasteiger partial charge in [0.15, 0.2) is 0 Å². The van der Waals surface area contributed by atoms with Crippen molar-refractivity contribution in [3.05, 3.63) is 0 Å². The van der Waals surface area contributed by atoms with Gasteiger partial charge in [0, 0.05) is 18.6 Å². The first-order valence-electron chi connectivity index (χ1n) is 6.11. The number of rotatable bonds is 3. The van der Waals surface area contributed by atoms with Crippen molar-refractivity contribution in [1.82, 2.24) is 4.90 Å². The first-order valence-corrected chi connectivity index (χ1v) is 6.11. The molecule has 0 spiro atoms. The maximum absolute atomic E-state index is 5.89. The van der Waals surface area contributed by atoms with E-state index >= 15 is 0 Å². The van der Waals surface area contributed by atoms with E-state index in [-0.39, 0.29) is 0 Å². The molecule has 0 aliphatic carbocycles. The second-order valence-electron chi connectivity index (χ2n) is 5.13. The molecular weight excluding hydrogens is 172 g/mol. The summed E-state index contributed by atoms with van der Waals surface area (Å²) in [7, 11) is 0. The minimum Gasteiger partial charge on any atom is -0.327 e. The first kappa shape index (κ1) is 12.0. The molecule has 1 aliphatic rings. The summed E-state index contributed by atoms with van der Waals surface area (Å²) < 4.78 is 0. The smallest absolute Gasteiger partial charge is 0.0139 e. The van der Waals surface area contributed by atoms with Crippen LogP contribution < -0.4 is 5.73 Å². The van der Waals surface area contributed by atoms with Crippen molar-refractivity contribution in [2.75, 3.05) is 13.1 Å². The standard InChI is InChI=1S/C12H26N2/c1-10(2)12-7-5-4-6-8-14(12)9-11(3)13/h10-12H,4-9,13H2,1-3H3. The van der Waals surface area contributed by atoms with Gasteiger partial charge < -0.3 is 5.73 Å². The van der Waals surface area contributed by atoms with E-state index in [0.717, 1.165) is 18.5 Å². The van der Waals surface area contributed by atoms with Gasteiger partial charge in [-0.05, 0) is 32.2 Å². The summed E-state index contributed by atoms with van der Waals surface area (Å²) in [6, 6.07) is 1.08. The van der Waals surface area contributed by atoms with Crippen LogP contribution in [0.1, 0.15) is 46.5 Å². The lowest BCUT2D eigenvalue weighted by molar-refractivity contribution is 0.151. The van der Waals surface area contributed by atoms with Gasteiger partial charge in [0.05, 0.1) is 0 Å². The summed E-state index contributed by atoms with van der Waals surface area (Å²) >= 11 is 0. The molecule has 1 rings (SSSR count). The topological polar surface area (TPSA) is 29.3 Å². The van der Waals surface area contributed by atoms with Crippen LogP contribution in [0.15, 0.2) is 0 Å². The zero-order valence-electron chi connectivity index (χ0n) is 10.00. The molecule has 0 saturated carbocycles.